The number of hydrogen-bond acceptors (Lipinski definition) is 5. The number of nitrogen functional groups attached to an aromatic ring is 1. The van der Waals surface area contributed by atoms with Crippen LogP contribution in [-0.2, 0) is 6.54 Å². The van der Waals surface area contributed by atoms with Gasteiger partial charge in [0.25, 0.3) is 5.91 Å². The maximum absolute atomic E-state index is 12.2. The van der Waals surface area contributed by atoms with Crippen molar-refractivity contribution >= 4 is 28.2 Å². The highest BCUT2D eigenvalue weighted by molar-refractivity contribution is 6.03. The summed E-state index contributed by atoms with van der Waals surface area (Å²) >= 11 is 0. The molecule has 4 rings (SSSR count). The van der Waals surface area contributed by atoms with Gasteiger partial charge >= 0.3 is 0 Å². The van der Waals surface area contributed by atoms with Crippen LogP contribution in [0.15, 0.2) is 53.1 Å². The Morgan fingerprint density at radius 1 is 1.21 bits per heavy atom. The lowest BCUT2D eigenvalue weighted by molar-refractivity contribution is 0.101. The average Bonchev–Trinajstić information content (AvgIpc) is 3.29. The highest BCUT2D eigenvalue weighted by Crippen LogP contribution is 2.37. The molecular weight excluding hydrogens is 368 g/mol. The second-order valence-corrected chi connectivity index (χ2v) is 6.74. The van der Waals surface area contributed by atoms with E-state index in [0.29, 0.717) is 11.4 Å². The van der Waals surface area contributed by atoms with Gasteiger partial charge in [0.15, 0.2) is 5.69 Å². The van der Waals surface area contributed by atoms with Crippen LogP contribution in [0, 0.1) is 6.92 Å². The third-order valence-corrected chi connectivity index (χ3v) is 4.90. The number of ether oxygens (including phenoxy) is 1. The first-order valence-corrected chi connectivity index (χ1v) is 9.32. The molecule has 29 heavy (non-hydrogen) atoms. The maximum atomic E-state index is 12.2. The molecule has 0 spiro atoms. The molecule has 2 aromatic carbocycles. The number of anilines is 2. The number of nitrogens with two attached hydrogens (primary N) is 1. The first-order valence-electron chi connectivity index (χ1n) is 9.32. The molecule has 0 fully saturated rings. The third-order valence-electron chi connectivity index (χ3n) is 4.90. The summed E-state index contributed by atoms with van der Waals surface area (Å²) in [5.41, 5.74) is 11.1. The third kappa shape index (κ3) is 3.31. The molecule has 0 radical (unpaired) electrons. The average molecular weight is 390 g/mol. The SMILES string of the molecule is CCn1c(-c2ccc(NC(=O)c3cc(C)on3)cc2)c(N)c2ccc(OC)cc21. The Morgan fingerprint density at radius 2 is 1.97 bits per heavy atom. The van der Waals surface area contributed by atoms with Crippen LogP contribution >= 0.6 is 0 Å². The molecule has 2 heterocycles. The Bertz CT molecular complexity index is 1190. The van der Waals surface area contributed by atoms with Gasteiger partial charge < -0.3 is 24.9 Å². The topological polar surface area (TPSA) is 95.3 Å². The highest BCUT2D eigenvalue weighted by Gasteiger charge is 2.17. The smallest absolute Gasteiger partial charge is 0.277 e. The van der Waals surface area contributed by atoms with Gasteiger partial charge in [0, 0.05) is 35.3 Å². The zero-order valence-corrected chi connectivity index (χ0v) is 16.5. The monoisotopic (exact) mass is 390 g/mol. The minimum atomic E-state index is -0.316. The van der Waals surface area contributed by atoms with Gasteiger partial charge in [0.2, 0.25) is 0 Å². The van der Waals surface area contributed by atoms with Gasteiger partial charge in [-0.15, -0.1) is 0 Å². The number of rotatable bonds is 5. The van der Waals surface area contributed by atoms with E-state index in [0.717, 1.165) is 40.1 Å². The van der Waals surface area contributed by atoms with Crippen molar-refractivity contribution in [1.82, 2.24) is 9.72 Å². The predicted molar refractivity (Wildman–Crippen MR) is 113 cm³/mol. The van der Waals surface area contributed by atoms with Crippen molar-refractivity contribution in [3.8, 4) is 17.0 Å². The van der Waals surface area contributed by atoms with Gasteiger partial charge in [0.1, 0.15) is 11.5 Å². The van der Waals surface area contributed by atoms with E-state index in [1.165, 1.54) is 0 Å². The number of carbonyl (C=O) groups is 1. The van der Waals surface area contributed by atoms with Crippen LogP contribution in [-0.4, -0.2) is 22.7 Å². The number of hydrogen-bond donors (Lipinski definition) is 2. The number of fused-ring (bicyclic) bond motifs is 1. The molecule has 0 aliphatic rings. The number of benzene rings is 2. The number of carbonyl (C=O) groups excluding carboxylic acids is 1. The van der Waals surface area contributed by atoms with E-state index >= 15 is 0 Å². The van der Waals surface area contributed by atoms with Crippen LogP contribution in [0.25, 0.3) is 22.2 Å². The Balaban J connectivity index is 1.67. The number of nitrogens with zero attached hydrogens (tertiary/aromatic N) is 2. The van der Waals surface area contributed by atoms with Crippen molar-refractivity contribution in [3.63, 3.8) is 0 Å². The van der Waals surface area contributed by atoms with Crippen LogP contribution in [0.4, 0.5) is 11.4 Å². The van der Waals surface area contributed by atoms with E-state index in [4.69, 9.17) is 15.0 Å². The molecule has 0 bridgehead atoms. The molecular formula is C22H22N4O3. The van der Waals surface area contributed by atoms with Crippen molar-refractivity contribution in [1.29, 1.82) is 0 Å². The lowest BCUT2D eigenvalue weighted by Gasteiger charge is -2.10. The lowest BCUT2D eigenvalue weighted by Crippen LogP contribution is -2.12. The molecule has 7 nitrogen and oxygen atoms in total. The Morgan fingerprint density at radius 3 is 2.59 bits per heavy atom. The molecule has 1 amide bonds. The minimum absolute atomic E-state index is 0.246. The molecule has 4 aromatic rings. The van der Waals surface area contributed by atoms with Crippen molar-refractivity contribution in [2.75, 3.05) is 18.2 Å². The molecule has 0 saturated carbocycles. The van der Waals surface area contributed by atoms with Gasteiger partial charge in [-0.2, -0.15) is 0 Å². The van der Waals surface area contributed by atoms with E-state index in [9.17, 15) is 4.79 Å². The van der Waals surface area contributed by atoms with Crippen LogP contribution in [0.3, 0.4) is 0 Å². The maximum Gasteiger partial charge on any atom is 0.277 e. The van der Waals surface area contributed by atoms with Crippen molar-refractivity contribution in [2.45, 2.75) is 20.4 Å². The molecule has 0 unspecified atom stereocenters. The minimum Gasteiger partial charge on any atom is -0.497 e. The molecule has 148 valence electrons. The number of nitrogens with one attached hydrogen (secondary N) is 1. The van der Waals surface area contributed by atoms with Crippen LogP contribution in [0.2, 0.25) is 0 Å². The van der Waals surface area contributed by atoms with E-state index < -0.39 is 0 Å². The summed E-state index contributed by atoms with van der Waals surface area (Å²) in [6, 6.07) is 15.1. The van der Waals surface area contributed by atoms with E-state index in [1.807, 2.05) is 42.5 Å². The highest BCUT2D eigenvalue weighted by atomic mass is 16.5. The normalized spacial score (nSPS) is 11.0. The predicted octanol–water partition coefficient (Wildman–Crippen LogP) is 4.47. The Kier molecular flexibility index (Phi) is 4.72. The van der Waals surface area contributed by atoms with Crippen molar-refractivity contribution in [2.24, 2.45) is 0 Å². The number of amides is 1. The largest absolute Gasteiger partial charge is 0.497 e. The van der Waals surface area contributed by atoms with E-state index in [2.05, 4.69) is 22.0 Å². The molecule has 2 aromatic heterocycles. The second kappa shape index (κ2) is 7.35. The Labute approximate surface area is 168 Å². The van der Waals surface area contributed by atoms with E-state index in [1.54, 1.807) is 20.1 Å². The fourth-order valence-corrected chi connectivity index (χ4v) is 3.50. The molecule has 0 aliphatic heterocycles. The zero-order valence-electron chi connectivity index (χ0n) is 16.5. The van der Waals surface area contributed by atoms with Gasteiger partial charge in [-0.05, 0) is 38.1 Å². The first-order chi connectivity index (χ1) is 14.0. The molecule has 0 saturated heterocycles. The van der Waals surface area contributed by atoms with Gasteiger partial charge in [-0.25, -0.2) is 0 Å². The van der Waals surface area contributed by atoms with Gasteiger partial charge in [0.05, 0.1) is 24.0 Å². The van der Waals surface area contributed by atoms with Gasteiger partial charge in [-0.3, -0.25) is 4.79 Å². The molecule has 0 atom stereocenters. The molecule has 0 aliphatic carbocycles. The number of aryl methyl sites for hydroxylation is 2. The standard InChI is InChI=1S/C22H22N4O3/c1-4-26-19-12-16(28-3)9-10-17(19)20(23)21(26)14-5-7-15(8-6-14)24-22(27)18-11-13(2)29-25-18/h5-12H,4,23H2,1-3H3,(H,24,27). The first kappa shape index (κ1) is 18.6. The van der Waals surface area contributed by atoms with E-state index in [-0.39, 0.29) is 11.6 Å². The summed E-state index contributed by atoms with van der Waals surface area (Å²) in [4.78, 5) is 12.2. The summed E-state index contributed by atoms with van der Waals surface area (Å²) in [7, 11) is 1.65. The lowest BCUT2D eigenvalue weighted by atomic mass is 10.1. The molecule has 3 N–H and O–H groups in total. The van der Waals surface area contributed by atoms with Gasteiger partial charge in [-0.1, -0.05) is 17.3 Å². The van der Waals surface area contributed by atoms with Crippen molar-refractivity contribution in [3.05, 3.63) is 60.0 Å². The van der Waals surface area contributed by atoms with Crippen molar-refractivity contribution < 1.29 is 14.1 Å². The number of methoxy groups -OCH3 is 1. The molecule has 7 heteroatoms. The summed E-state index contributed by atoms with van der Waals surface area (Å²) in [6.45, 7) is 4.59. The summed E-state index contributed by atoms with van der Waals surface area (Å²) < 4.78 is 12.5. The summed E-state index contributed by atoms with van der Waals surface area (Å²) in [5.74, 6) is 1.06. The number of aromatic nitrogens is 2. The fraction of sp³-hybridized carbons (Fsp3) is 0.182. The van der Waals surface area contributed by atoms with Crippen LogP contribution in [0.5, 0.6) is 5.75 Å². The quantitative estimate of drug-likeness (QED) is 0.524. The second-order valence-electron chi connectivity index (χ2n) is 6.74. The summed E-state index contributed by atoms with van der Waals surface area (Å²) in [5, 5.41) is 7.54. The summed E-state index contributed by atoms with van der Waals surface area (Å²) in [6.07, 6.45) is 0. The van der Waals surface area contributed by atoms with Crippen LogP contribution in [0.1, 0.15) is 23.2 Å². The van der Waals surface area contributed by atoms with Crippen LogP contribution < -0.4 is 15.8 Å². The fourth-order valence-electron chi connectivity index (χ4n) is 3.50. The zero-order chi connectivity index (χ0) is 20.5. The Hall–Kier alpha value is -3.74.